The van der Waals surface area contributed by atoms with Crippen molar-refractivity contribution in [2.75, 3.05) is 6.54 Å². The van der Waals surface area contributed by atoms with Crippen LogP contribution in [-0.2, 0) is 4.79 Å². The zero-order valence-corrected chi connectivity index (χ0v) is 10.6. The van der Waals surface area contributed by atoms with Crippen molar-refractivity contribution in [3.63, 3.8) is 0 Å². The monoisotopic (exact) mass is 249 g/mol. The van der Waals surface area contributed by atoms with Crippen molar-refractivity contribution in [2.24, 2.45) is 0 Å². The second-order valence-electron chi connectivity index (χ2n) is 4.61. The molecule has 2 rings (SSSR count). The highest BCUT2D eigenvalue weighted by Gasteiger charge is 2.23. The summed E-state index contributed by atoms with van der Waals surface area (Å²) in [5, 5.41) is 12.5. The van der Waals surface area contributed by atoms with Crippen LogP contribution in [0.2, 0.25) is 0 Å². The molecule has 0 aromatic heterocycles. The summed E-state index contributed by atoms with van der Waals surface area (Å²) in [6.07, 6.45) is 1.63. The van der Waals surface area contributed by atoms with Crippen LogP contribution < -0.4 is 10.1 Å². The Labute approximate surface area is 107 Å². The number of carbonyl (C=O) groups is 1. The molecule has 0 bridgehead atoms. The van der Waals surface area contributed by atoms with E-state index in [1.165, 1.54) is 0 Å². The van der Waals surface area contributed by atoms with Crippen LogP contribution in [0, 0.1) is 0 Å². The minimum Gasteiger partial charge on any atom is -0.480 e. The van der Waals surface area contributed by atoms with Gasteiger partial charge in [0.2, 0.25) is 0 Å². The molecule has 1 amide bonds. The number of carbonyl (C=O) groups excluding carboxylic acids is 1. The van der Waals surface area contributed by atoms with E-state index in [1.54, 1.807) is 13.0 Å². The molecule has 0 spiro atoms. The summed E-state index contributed by atoms with van der Waals surface area (Å²) >= 11 is 0. The Hall–Kier alpha value is -1.55. The zero-order valence-electron chi connectivity index (χ0n) is 10.6. The third-order valence-corrected chi connectivity index (χ3v) is 3.12. The summed E-state index contributed by atoms with van der Waals surface area (Å²) in [6.45, 7) is 2.41. The fraction of sp³-hybridized carbons (Fsp3) is 0.500. The van der Waals surface area contributed by atoms with Crippen LogP contribution >= 0.6 is 0 Å². The zero-order chi connectivity index (χ0) is 13.0. The Balaban J connectivity index is 2.15. The molecule has 0 saturated carbocycles. The summed E-state index contributed by atoms with van der Waals surface area (Å²) in [4.78, 5) is 11.8. The van der Waals surface area contributed by atoms with E-state index in [-0.39, 0.29) is 5.91 Å². The first-order valence-electron chi connectivity index (χ1n) is 6.40. The van der Waals surface area contributed by atoms with Gasteiger partial charge in [-0.1, -0.05) is 18.2 Å². The molecule has 1 fully saturated rings. The average Bonchev–Trinajstić information content (AvgIpc) is 2.55. The standard InChI is InChI=1S/C14H19NO3/c1-10(16)11-6-2-3-7-12(11)18-13-8-4-5-9-15-14(13)17/h2-3,6-7,10,13,16H,4-5,8-9H2,1H3,(H,15,17)/t10-,13?/m0/s1. The van der Waals surface area contributed by atoms with Gasteiger partial charge in [-0.15, -0.1) is 0 Å². The minimum atomic E-state index is -0.602. The van der Waals surface area contributed by atoms with Gasteiger partial charge >= 0.3 is 0 Å². The lowest BCUT2D eigenvalue weighted by Gasteiger charge is -2.19. The maximum Gasteiger partial charge on any atom is 0.261 e. The first kappa shape index (κ1) is 12.9. The van der Waals surface area contributed by atoms with Gasteiger partial charge in [-0.3, -0.25) is 4.79 Å². The van der Waals surface area contributed by atoms with Crippen molar-refractivity contribution in [1.82, 2.24) is 5.32 Å². The number of rotatable bonds is 3. The largest absolute Gasteiger partial charge is 0.480 e. The number of hydrogen-bond donors (Lipinski definition) is 2. The second kappa shape index (κ2) is 5.87. The Morgan fingerprint density at radius 3 is 2.94 bits per heavy atom. The molecule has 0 aliphatic carbocycles. The highest BCUT2D eigenvalue weighted by atomic mass is 16.5. The van der Waals surface area contributed by atoms with Crippen LogP contribution in [0.25, 0.3) is 0 Å². The van der Waals surface area contributed by atoms with Gasteiger partial charge in [0.25, 0.3) is 5.91 Å². The minimum absolute atomic E-state index is 0.0621. The van der Waals surface area contributed by atoms with Gasteiger partial charge in [-0.25, -0.2) is 0 Å². The van der Waals surface area contributed by atoms with Crippen LogP contribution in [0.3, 0.4) is 0 Å². The van der Waals surface area contributed by atoms with E-state index >= 15 is 0 Å². The maximum absolute atomic E-state index is 11.8. The highest BCUT2D eigenvalue weighted by molar-refractivity contribution is 5.81. The van der Waals surface area contributed by atoms with E-state index < -0.39 is 12.2 Å². The number of ether oxygens (including phenoxy) is 1. The fourth-order valence-electron chi connectivity index (χ4n) is 2.11. The van der Waals surface area contributed by atoms with Crippen molar-refractivity contribution in [3.8, 4) is 5.75 Å². The average molecular weight is 249 g/mol. The molecule has 4 heteroatoms. The van der Waals surface area contributed by atoms with Crippen molar-refractivity contribution in [3.05, 3.63) is 29.8 Å². The van der Waals surface area contributed by atoms with Gasteiger partial charge in [0, 0.05) is 12.1 Å². The van der Waals surface area contributed by atoms with Gasteiger partial charge in [-0.2, -0.15) is 0 Å². The van der Waals surface area contributed by atoms with E-state index in [0.717, 1.165) is 31.4 Å². The van der Waals surface area contributed by atoms with Gasteiger partial charge in [0.05, 0.1) is 6.10 Å². The van der Waals surface area contributed by atoms with Gasteiger partial charge < -0.3 is 15.2 Å². The van der Waals surface area contributed by atoms with Crippen LogP contribution in [0.1, 0.15) is 37.9 Å². The van der Waals surface area contributed by atoms with E-state index in [4.69, 9.17) is 4.74 Å². The summed E-state index contributed by atoms with van der Waals surface area (Å²) in [7, 11) is 0. The number of benzene rings is 1. The van der Waals surface area contributed by atoms with Crippen molar-refractivity contribution < 1.29 is 14.6 Å². The molecule has 2 N–H and O–H groups in total. The third-order valence-electron chi connectivity index (χ3n) is 3.12. The van der Waals surface area contributed by atoms with Crippen molar-refractivity contribution in [1.29, 1.82) is 0 Å². The number of hydrogen-bond acceptors (Lipinski definition) is 3. The molecule has 98 valence electrons. The summed E-state index contributed by atoms with van der Waals surface area (Å²) < 4.78 is 5.77. The molecule has 1 aromatic rings. The SMILES string of the molecule is C[C@H](O)c1ccccc1OC1CCCCNC1=O. The molecule has 1 unspecified atom stereocenters. The molecule has 18 heavy (non-hydrogen) atoms. The Morgan fingerprint density at radius 2 is 2.17 bits per heavy atom. The molecule has 0 radical (unpaired) electrons. The molecular weight excluding hydrogens is 230 g/mol. The van der Waals surface area contributed by atoms with E-state index in [9.17, 15) is 9.90 Å². The van der Waals surface area contributed by atoms with Gasteiger partial charge in [-0.05, 0) is 32.3 Å². The number of amides is 1. The lowest BCUT2D eigenvalue weighted by molar-refractivity contribution is -0.127. The molecule has 1 aliphatic rings. The first-order chi connectivity index (χ1) is 8.68. The molecule has 1 heterocycles. The highest BCUT2D eigenvalue weighted by Crippen LogP contribution is 2.26. The summed E-state index contributed by atoms with van der Waals surface area (Å²) in [5.41, 5.74) is 0.717. The smallest absolute Gasteiger partial charge is 0.261 e. The second-order valence-corrected chi connectivity index (χ2v) is 4.61. The lowest BCUT2D eigenvalue weighted by Crippen LogP contribution is -2.36. The van der Waals surface area contributed by atoms with Crippen LogP contribution in [0.5, 0.6) is 5.75 Å². The van der Waals surface area contributed by atoms with E-state index in [2.05, 4.69) is 5.32 Å². The molecule has 1 aliphatic heterocycles. The lowest BCUT2D eigenvalue weighted by atomic mass is 10.1. The van der Waals surface area contributed by atoms with Crippen molar-refractivity contribution in [2.45, 2.75) is 38.4 Å². The number of aliphatic hydroxyl groups is 1. The van der Waals surface area contributed by atoms with Gasteiger partial charge in [0.15, 0.2) is 6.10 Å². The topological polar surface area (TPSA) is 58.6 Å². The predicted molar refractivity (Wildman–Crippen MR) is 68.4 cm³/mol. The molecule has 1 aromatic carbocycles. The Kier molecular flexibility index (Phi) is 4.20. The Bertz CT molecular complexity index is 417. The number of aliphatic hydroxyl groups excluding tert-OH is 1. The molecule has 2 atom stereocenters. The summed E-state index contributed by atoms with van der Waals surface area (Å²) in [6, 6.07) is 7.30. The summed E-state index contributed by atoms with van der Waals surface area (Å²) in [5.74, 6) is 0.530. The van der Waals surface area contributed by atoms with E-state index in [0.29, 0.717) is 5.75 Å². The van der Waals surface area contributed by atoms with Gasteiger partial charge in [0.1, 0.15) is 5.75 Å². The van der Waals surface area contributed by atoms with Crippen molar-refractivity contribution >= 4 is 5.91 Å². The molecule has 1 saturated heterocycles. The maximum atomic E-state index is 11.8. The molecular formula is C14H19NO3. The Morgan fingerprint density at radius 1 is 1.39 bits per heavy atom. The predicted octanol–water partition coefficient (Wildman–Crippen LogP) is 1.79. The van der Waals surface area contributed by atoms with Crippen LogP contribution in [0.15, 0.2) is 24.3 Å². The van der Waals surface area contributed by atoms with Crippen LogP contribution in [0.4, 0.5) is 0 Å². The number of para-hydroxylation sites is 1. The van der Waals surface area contributed by atoms with Crippen LogP contribution in [-0.4, -0.2) is 23.7 Å². The third kappa shape index (κ3) is 3.01. The number of nitrogens with one attached hydrogen (secondary N) is 1. The fourth-order valence-corrected chi connectivity index (χ4v) is 2.11. The quantitative estimate of drug-likeness (QED) is 0.858. The normalized spacial score (nSPS) is 21.9. The van der Waals surface area contributed by atoms with E-state index in [1.807, 2.05) is 18.2 Å². The molecule has 4 nitrogen and oxygen atoms in total. The first-order valence-corrected chi connectivity index (χ1v) is 6.40.